The number of hydrogen-bond donors (Lipinski definition) is 4. The van der Waals surface area contributed by atoms with Gasteiger partial charge in [0.1, 0.15) is 6.54 Å². The molecule has 0 aromatic heterocycles. The second-order valence-corrected chi connectivity index (χ2v) is 8.27. The Bertz CT molecular complexity index is 407. The lowest BCUT2D eigenvalue weighted by molar-refractivity contribution is -0.870. The molecule has 0 unspecified atom stereocenters. The van der Waals surface area contributed by atoms with Gasteiger partial charge in [-0.05, 0) is 12.8 Å². The Morgan fingerprint density at radius 2 is 1.96 bits per heavy atom. The highest BCUT2D eigenvalue weighted by molar-refractivity contribution is 8.00. The van der Waals surface area contributed by atoms with E-state index in [1.54, 1.807) is 0 Å². The molecule has 0 aromatic rings. The Morgan fingerprint density at radius 3 is 2.46 bits per heavy atom. The fourth-order valence-corrected chi connectivity index (χ4v) is 4.11. The first-order valence-electron chi connectivity index (χ1n) is 8.04. The van der Waals surface area contributed by atoms with Gasteiger partial charge in [0.25, 0.3) is 0 Å². The molecule has 0 aliphatic carbocycles. The first-order valence-corrected chi connectivity index (χ1v) is 9.09. The lowest BCUT2D eigenvalue weighted by atomic mass is 10.0. The van der Waals surface area contributed by atoms with Crippen LogP contribution < -0.4 is 23.0 Å². The second-order valence-electron chi connectivity index (χ2n) is 7.00. The number of aliphatic hydroxyl groups excluding tert-OH is 1. The van der Waals surface area contributed by atoms with Crippen molar-refractivity contribution < 1.29 is 36.7 Å². The van der Waals surface area contributed by atoms with Crippen molar-refractivity contribution in [3.8, 4) is 0 Å². The van der Waals surface area contributed by atoms with Crippen LogP contribution in [-0.2, 0) is 4.79 Å². The summed E-state index contributed by atoms with van der Waals surface area (Å²) < 4.78 is 0.844. The van der Waals surface area contributed by atoms with Gasteiger partial charge in [-0.1, -0.05) is 6.42 Å². The number of nitrogens with zero attached hydrogens (tertiary/aromatic N) is 1. The number of thioether (sulfide) groups is 1. The fraction of sp³-hybridized carbons (Fsp3) is 0.867. The van der Waals surface area contributed by atoms with Crippen LogP contribution in [0.25, 0.3) is 0 Å². The predicted molar refractivity (Wildman–Crippen MR) is 91.6 cm³/mol. The molecule has 3 atom stereocenters. The van der Waals surface area contributed by atoms with E-state index in [4.69, 9.17) is 10.2 Å². The number of nitrogens with one attached hydrogen (secondary N) is 2. The first-order chi connectivity index (χ1) is 10.7. The maximum atomic E-state index is 11.1. The number of quaternary nitrogens is 1. The van der Waals surface area contributed by atoms with Crippen molar-refractivity contribution in [2.24, 2.45) is 0 Å². The first kappa shape index (κ1) is 23.3. The molecule has 0 saturated carbocycles. The Balaban J connectivity index is 0.000000570. The van der Waals surface area contributed by atoms with E-state index in [1.807, 2.05) is 11.8 Å². The summed E-state index contributed by atoms with van der Waals surface area (Å²) in [6.45, 7) is 1.11. The van der Waals surface area contributed by atoms with E-state index in [0.717, 1.165) is 36.0 Å². The number of unbranched alkanes of at least 4 members (excludes halogenated alkanes) is 1. The Labute approximate surface area is 154 Å². The Kier molecular flexibility index (Phi) is 10.7. The number of fused-ring (bicyclic) bond motifs is 1. The van der Waals surface area contributed by atoms with Crippen LogP contribution in [0.3, 0.4) is 0 Å². The van der Waals surface area contributed by atoms with Gasteiger partial charge in [0.2, 0.25) is 0 Å². The van der Waals surface area contributed by atoms with Crippen LogP contribution in [0, 0.1) is 0 Å². The molecular weight excluding hydrogens is 354 g/mol. The zero-order chi connectivity index (χ0) is 17.5. The molecule has 7 nitrogen and oxygen atoms in total. The van der Waals surface area contributed by atoms with E-state index in [-0.39, 0.29) is 43.5 Å². The standard InChI is InChI=1S/C10H16N2O3S.C5H14NO.ClH/c13-8(14)4-2-1-3-7-9-6(5-16-7)11-10(15)12-9;1-6(2,3)4-5-7;/h6-7,9H,1-5H2,(H,13,14)(H2,11,12,15);7H,4-5H2,1-3H3;1H/q;+1;/p-1/t6-,7-,9-;;/m0../s1. The number of rotatable bonds is 7. The van der Waals surface area contributed by atoms with Crippen molar-refractivity contribution >= 4 is 23.8 Å². The van der Waals surface area contributed by atoms with Gasteiger partial charge in [-0.2, -0.15) is 11.8 Å². The van der Waals surface area contributed by atoms with E-state index < -0.39 is 5.97 Å². The van der Waals surface area contributed by atoms with Crippen LogP contribution in [0.1, 0.15) is 25.7 Å². The zero-order valence-corrected chi connectivity index (χ0v) is 16.2. The van der Waals surface area contributed by atoms with Gasteiger partial charge in [-0.25, -0.2) is 4.79 Å². The third kappa shape index (κ3) is 8.96. The molecule has 2 heterocycles. The number of hydrogen-bond acceptors (Lipinski definition) is 4. The van der Waals surface area contributed by atoms with Crippen molar-refractivity contribution in [1.29, 1.82) is 0 Å². The molecule has 2 aliphatic rings. The number of carbonyl (C=O) groups excluding carboxylic acids is 1. The number of carboxylic acid groups (broad SMARTS) is 1. The van der Waals surface area contributed by atoms with Crippen LogP contribution >= 0.6 is 11.8 Å². The number of likely N-dealkylation sites (N-methyl/N-ethyl adjacent to an activating group) is 1. The molecule has 2 rings (SSSR count). The minimum Gasteiger partial charge on any atom is -1.00 e. The summed E-state index contributed by atoms with van der Waals surface area (Å²) in [6, 6.07) is 0.440. The Hall–Kier alpha value is -0.700. The molecule has 2 aliphatic heterocycles. The highest BCUT2D eigenvalue weighted by Crippen LogP contribution is 2.33. The molecule has 0 aromatic carbocycles. The normalized spacial score (nSPS) is 24.8. The third-order valence-corrected chi connectivity index (χ3v) is 5.35. The van der Waals surface area contributed by atoms with Crippen LogP contribution in [0.5, 0.6) is 0 Å². The molecule has 0 radical (unpaired) electrons. The fourth-order valence-electron chi connectivity index (χ4n) is 2.56. The average molecular weight is 384 g/mol. The molecule has 24 heavy (non-hydrogen) atoms. The number of aliphatic carboxylic acids is 1. The summed E-state index contributed by atoms with van der Waals surface area (Å²) >= 11 is 1.87. The summed E-state index contributed by atoms with van der Waals surface area (Å²) in [5.74, 6) is 0.236. The molecule has 2 fully saturated rings. The molecule has 9 heteroatoms. The number of carbonyl (C=O) groups is 2. The van der Waals surface area contributed by atoms with E-state index in [0.29, 0.717) is 5.25 Å². The Morgan fingerprint density at radius 1 is 1.29 bits per heavy atom. The molecular formula is C15H30ClN3O4S. The highest BCUT2D eigenvalue weighted by atomic mass is 35.5. The number of aliphatic hydroxyl groups is 1. The van der Waals surface area contributed by atoms with Crippen LogP contribution in [-0.4, -0.2) is 84.1 Å². The maximum Gasteiger partial charge on any atom is 0.315 e. The van der Waals surface area contributed by atoms with Crippen molar-refractivity contribution in [1.82, 2.24) is 10.6 Å². The van der Waals surface area contributed by atoms with Crippen molar-refractivity contribution in [2.45, 2.75) is 43.0 Å². The van der Waals surface area contributed by atoms with E-state index in [9.17, 15) is 9.59 Å². The van der Waals surface area contributed by atoms with Gasteiger partial charge in [-0.15, -0.1) is 0 Å². The molecule has 142 valence electrons. The third-order valence-electron chi connectivity index (χ3n) is 3.84. The van der Waals surface area contributed by atoms with Crippen LogP contribution in [0.4, 0.5) is 4.79 Å². The lowest BCUT2D eigenvalue weighted by Crippen LogP contribution is -3.00. The second kappa shape index (κ2) is 11.0. The van der Waals surface area contributed by atoms with Gasteiger partial charge in [0, 0.05) is 17.4 Å². The average Bonchev–Trinajstić information content (AvgIpc) is 2.93. The maximum absolute atomic E-state index is 11.1. The number of urea groups is 1. The van der Waals surface area contributed by atoms with Gasteiger partial charge < -0.3 is 37.7 Å². The van der Waals surface area contributed by atoms with Crippen LogP contribution in [0.15, 0.2) is 0 Å². The quantitative estimate of drug-likeness (QED) is 0.221. The largest absolute Gasteiger partial charge is 1.00 e. The summed E-state index contributed by atoms with van der Waals surface area (Å²) in [5.41, 5.74) is 0. The van der Waals surface area contributed by atoms with Gasteiger partial charge in [-0.3, -0.25) is 4.79 Å². The molecule has 2 saturated heterocycles. The lowest BCUT2D eigenvalue weighted by Gasteiger charge is -2.21. The predicted octanol–water partition coefficient (Wildman–Crippen LogP) is -2.51. The number of carboxylic acids is 1. The topological polar surface area (TPSA) is 98.7 Å². The summed E-state index contributed by atoms with van der Waals surface area (Å²) in [7, 11) is 6.16. The monoisotopic (exact) mass is 383 g/mol. The molecule has 4 N–H and O–H groups in total. The number of amides is 2. The molecule has 2 amide bonds. The van der Waals surface area contributed by atoms with E-state index >= 15 is 0 Å². The minimum atomic E-state index is -0.729. The zero-order valence-electron chi connectivity index (χ0n) is 14.6. The number of halogens is 1. The van der Waals surface area contributed by atoms with Crippen molar-refractivity contribution in [3.63, 3.8) is 0 Å². The van der Waals surface area contributed by atoms with Gasteiger partial charge in [0.05, 0.1) is 39.8 Å². The van der Waals surface area contributed by atoms with Crippen molar-refractivity contribution in [2.75, 3.05) is 40.0 Å². The summed E-state index contributed by atoms with van der Waals surface area (Å²) in [6.07, 6.45) is 2.88. The van der Waals surface area contributed by atoms with Gasteiger partial charge >= 0.3 is 12.0 Å². The van der Waals surface area contributed by atoms with E-state index in [2.05, 4.69) is 31.8 Å². The van der Waals surface area contributed by atoms with Gasteiger partial charge in [0.15, 0.2) is 0 Å². The van der Waals surface area contributed by atoms with Crippen LogP contribution in [0.2, 0.25) is 0 Å². The van der Waals surface area contributed by atoms with E-state index in [1.165, 1.54) is 0 Å². The smallest absolute Gasteiger partial charge is 0.315 e. The van der Waals surface area contributed by atoms with Crippen molar-refractivity contribution in [3.05, 3.63) is 0 Å². The molecule has 0 spiro atoms. The molecule has 0 bridgehead atoms. The highest BCUT2D eigenvalue weighted by Gasteiger charge is 2.42. The minimum absolute atomic E-state index is 0. The summed E-state index contributed by atoms with van der Waals surface area (Å²) in [4.78, 5) is 21.5. The summed E-state index contributed by atoms with van der Waals surface area (Å²) in [5, 5.41) is 23.2. The SMILES string of the molecule is C[N+](C)(C)CCO.O=C(O)CCCC[C@@H]1SC[C@@H]2NC(=O)N[C@@H]21.[Cl-].